The van der Waals surface area contributed by atoms with Crippen molar-refractivity contribution < 1.29 is 49.2 Å². The number of carboxylic acids is 1. The number of carbonyl (C=O) groups excluding carboxylic acids is 1. The molecular weight excluding hydrogens is 619 g/mol. The van der Waals surface area contributed by atoms with Crippen molar-refractivity contribution in [1.82, 2.24) is 24.6 Å². The topological polar surface area (TPSA) is 201 Å². The molecule has 1 amide bonds. The van der Waals surface area contributed by atoms with Crippen molar-refractivity contribution >= 4 is 43.0 Å². The third-order valence-electron chi connectivity index (χ3n) is 6.31. The molecule has 1 aliphatic heterocycles. The molecule has 2 aromatic carbocycles. The first-order valence-corrected chi connectivity index (χ1v) is 15.3. The highest BCUT2D eigenvalue weighted by molar-refractivity contribution is 7.90. The molecule has 13 nitrogen and oxygen atoms in total. The maximum Gasteiger partial charge on any atom is 0.490 e. The summed E-state index contributed by atoms with van der Waals surface area (Å²) >= 11 is 0. The number of aromatic nitrogens is 3. The maximum atomic E-state index is 13.3. The van der Waals surface area contributed by atoms with Crippen LogP contribution in [-0.4, -0.2) is 55.1 Å². The van der Waals surface area contributed by atoms with Gasteiger partial charge in [0.2, 0.25) is 26.0 Å². The van der Waals surface area contributed by atoms with Gasteiger partial charge in [-0.1, -0.05) is 41.6 Å². The maximum absolute atomic E-state index is 13.3. The van der Waals surface area contributed by atoms with E-state index in [-0.39, 0.29) is 29.2 Å². The molecule has 2 aromatic heterocycles. The summed E-state index contributed by atoms with van der Waals surface area (Å²) in [5.74, 6) is -2.70. The van der Waals surface area contributed by atoms with Gasteiger partial charge in [0, 0.05) is 0 Å². The lowest BCUT2D eigenvalue weighted by atomic mass is 10.0. The van der Waals surface area contributed by atoms with Crippen LogP contribution in [0.15, 0.2) is 57.9 Å². The summed E-state index contributed by atoms with van der Waals surface area (Å²) in [6, 6.07) is 13.3. The number of para-hydroxylation sites is 2. The number of H-pyrrole nitrogens is 1. The third-order valence-corrected chi connectivity index (χ3v) is 9.72. The van der Waals surface area contributed by atoms with Gasteiger partial charge in [0.25, 0.3) is 0 Å². The number of hydrogen-bond donors (Lipinski definition) is 4. The molecule has 0 aliphatic carbocycles. The molecule has 3 heterocycles. The number of nitrogens with zero attached hydrogens (tertiary/aromatic N) is 2. The molecular formula is C25H24F3N5O8S2. The van der Waals surface area contributed by atoms with E-state index in [1.54, 1.807) is 31.2 Å². The van der Waals surface area contributed by atoms with Crippen LogP contribution in [0.3, 0.4) is 0 Å². The van der Waals surface area contributed by atoms with E-state index in [4.69, 9.17) is 14.4 Å². The Hall–Kier alpha value is -4.29. The number of carboxylic acid groups (broad SMARTS) is 1. The van der Waals surface area contributed by atoms with E-state index in [2.05, 4.69) is 19.8 Å². The van der Waals surface area contributed by atoms with E-state index >= 15 is 0 Å². The van der Waals surface area contributed by atoms with Gasteiger partial charge in [0.05, 0.1) is 23.5 Å². The predicted molar refractivity (Wildman–Crippen MR) is 143 cm³/mol. The molecule has 230 valence electrons. The van der Waals surface area contributed by atoms with E-state index in [9.17, 15) is 34.8 Å². The van der Waals surface area contributed by atoms with Crippen molar-refractivity contribution in [3.05, 3.63) is 76.9 Å². The Morgan fingerprint density at radius 1 is 1.16 bits per heavy atom. The van der Waals surface area contributed by atoms with E-state index in [1.807, 2.05) is 29.0 Å². The summed E-state index contributed by atoms with van der Waals surface area (Å²) in [5, 5.41) is 9.92. The molecule has 43 heavy (non-hydrogen) atoms. The number of fused-ring (bicyclic) bond motifs is 1. The minimum Gasteiger partial charge on any atom is -0.475 e. The Balaban J connectivity index is 0.000000541. The van der Waals surface area contributed by atoms with Crippen molar-refractivity contribution in [1.29, 1.82) is 0 Å². The fraction of sp³-hybridized carbons (Fsp3) is 0.280. The summed E-state index contributed by atoms with van der Waals surface area (Å²) in [4.78, 5) is 28.2. The molecule has 0 spiro atoms. The standard InChI is InChI=1S/C23H23N5O6S2.C2HF3O2/c1-13-22(14(2)34-26-13)36(32,33)27-19(23-24-17-5-3-4-6-18(17)25-23)11-15-7-9-16(10-8-15)20-12-21(29)28-35(20,30)31;3-2(4,5)1(6)7/h3-10,19-20,27H,11-12H2,1-2H3,(H,24,25)(H,28,29);(H,6,7)/t19-,20?;/m0./s1. The van der Waals surface area contributed by atoms with Gasteiger partial charge < -0.3 is 14.6 Å². The fourth-order valence-electron chi connectivity index (χ4n) is 4.39. The van der Waals surface area contributed by atoms with Crippen molar-refractivity contribution in [2.24, 2.45) is 0 Å². The highest BCUT2D eigenvalue weighted by Gasteiger charge is 2.39. The molecule has 0 saturated carbocycles. The first-order valence-electron chi connectivity index (χ1n) is 12.3. The zero-order valence-corrected chi connectivity index (χ0v) is 24.0. The van der Waals surface area contributed by atoms with Gasteiger partial charge in [-0.15, -0.1) is 0 Å². The second-order valence-corrected chi connectivity index (χ2v) is 13.0. The average Bonchev–Trinajstić information content (AvgIpc) is 3.57. The molecule has 2 atom stereocenters. The van der Waals surface area contributed by atoms with Crippen LogP contribution in [0.4, 0.5) is 13.2 Å². The van der Waals surface area contributed by atoms with Gasteiger partial charge in [0.1, 0.15) is 21.7 Å². The number of aromatic amines is 1. The number of nitrogens with one attached hydrogen (secondary N) is 3. The minimum absolute atomic E-state index is 0.0254. The van der Waals surface area contributed by atoms with Crippen LogP contribution < -0.4 is 9.44 Å². The van der Waals surface area contributed by atoms with Crippen molar-refractivity contribution in [3.63, 3.8) is 0 Å². The number of imidazole rings is 1. The van der Waals surface area contributed by atoms with E-state index < -0.39 is 49.4 Å². The zero-order chi connectivity index (χ0) is 31.7. The number of aryl methyl sites for hydroxylation is 2. The SMILES string of the molecule is Cc1noc(C)c1S(=O)(=O)N[C@@H](Cc1ccc(C2CC(=O)NS2(=O)=O)cc1)c1nc2ccccc2[nH]1.O=C(O)C(F)(F)F. The van der Waals surface area contributed by atoms with Crippen LogP contribution in [-0.2, 0) is 36.1 Å². The lowest BCUT2D eigenvalue weighted by Gasteiger charge is -2.17. The highest BCUT2D eigenvalue weighted by Crippen LogP contribution is 2.31. The minimum atomic E-state index is -5.08. The first-order chi connectivity index (χ1) is 20.0. The predicted octanol–water partition coefficient (Wildman–Crippen LogP) is 2.95. The molecule has 1 unspecified atom stereocenters. The van der Waals surface area contributed by atoms with Gasteiger partial charge in [-0.25, -0.2) is 26.6 Å². The molecule has 0 bridgehead atoms. The summed E-state index contributed by atoms with van der Waals surface area (Å²) < 4.78 is 92.5. The molecule has 4 aromatic rings. The molecule has 5 rings (SSSR count). The van der Waals surface area contributed by atoms with E-state index in [0.29, 0.717) is 16.9 Å². The largest absolute Gasteiger partial charge is 0.490 e. The summed E-state index contributed by atoms with van der Waals surface area (Å²) in [6.45, 7) is 3.08. The molecule has 1 saturated heterocycles. The summed E-state index contributed by atoms with van der Waals surface area (Å²) in [5.41, 5.74) is 2.91. The fourth-order valence-corrected chi connectivity index (χ4v) is 7.35. The van der Waals surface area contributed by atoms with Gasteiger partial charge in [-0.2, -0.15) is 17.9 Å². The number of hydrogen-bond acceptors (Lipinski definition) is 9. The van der Waals surface area contributed by atoms with Gasteiger partial charge in [-0.05, 0) is 43.5 Å². The average molecular weight is 644 g/mol. The number of alkyl halides is 3. The Labute approximate surface area is 242 Å². The van der Waals surface area contributed by atoms with Crippen LogP contribution in [0.2, 0.25) is 0 Å². The van der Waals surface area contributed by atoms with Gasteiger partial charge in [-0.3, -0.25) is 9.52 Å². The molecule has 0 radical (unpaired) electrons. The number of amides is 1. The lowest BCUT2D eigenvalue weighted by Crippen LogP contribution is -2.31. The summed E-state index contributed by atoms with van der Waals surface area (Å²) in [6.07, 6.45) is -5.00. The molecule has 18 heteroatoms. The van der Waals surface area contributed by atoms with Crippen LogP contribution in [0.5, 0.6) is 0 Å². The number of sulfonamides is 2. The van der Waals surface area contributed by atoms with Crippen molar-refractivity contribution in [3.8, 4) is 0 Å². The molecule has 4 N–H and O–H groups in total. The Kier molecular flexibility index (Phi) is 8.66. The zero-order valence-electron chi connectivity index (χ0n) is 22.3. The monoisotopic (exact) mass is 643 g/mol. The molecule has 1 fully saturated rings. The quantitative estimate of drug-likeness (QED) is 0.232. The van der Waals surface area contributed by atoms with Crippen LogP contribution in [0.25, 0.3) is 11.0 Å². The Morgan fingerprint density at radius 3 is 2.30 bits per heavy atom. The van der Waals surface area contributed by atoms with Crippen molar-refractivity contribution in [2.45, 2.75) is 49.1 Å². The molecule has 1 aliphatic rings. The second kappa shape index (κ2) is 11.8. The second-order valence-electron chi connectivity index (χ2n) is 9.48. The van der Waals surface area contributed by atoms with Gasteiger partial charge in [0.15, 0.2) is 5.76 Å². The number of benzene rings is 2. The normalized spacial score (nSPS) is 17.2. The van der Waals surface area contributed by atoms with E-state index in [0.717, 1.165) is 11.1 Å². The number of carbonyl (C=O) groups is 2. The lowest BCUT2D eigenvalue weighted by molar-refractivity contribution is -0.192. The van der Waals surface area contributed by atoms with Crippen LogP contribution >= 0.6 is 0 Å². The van der Waals surface area contributed by atoms with Crippen LogP contribution in [0, 0.1) is 13.8 Å². The number of rotatable bonds is 7. The van der Waals surface area contributed by atoms with Crippen LogP contribution in [0.1, 0.15) is 46.1 Å². The highest BCUT2D eigenvalue weighted by atomic mass is 32.2. The van der Waals surface area contributed by atoms with Crippen molar-refractivity contribution in [2.75, 3.05) is 0 Å². The Morgan fingerprint density at radius 2 is 1.79 bits per heavy atom. The van der Waals surface area contributed by atoms with Gasteiger partial charge >= 0.3 is 12.1 Å². The Bertz CT molecular complexity index is 1830. The number of halogens is 3. The smallest absolute Gasteiger partial charge is 0.475 e. The van der Waals surface area contributed by atoms with E-state index in [1.165, 1.54) is 6.92 Å². The third kappa shape index (κ3) is 7.20. The summed E-state index contributed by atoms with van der Waals surface area (Å²) in [7, 11) is -7.78. The first kappa shape index (κ1) is 31.6. The number of aliphatic carboxylic acids is 1.